The SMILES string of the molecule is CC(=O)c1ccccc1[C@@H](OC(=O)CC(C)c1ccc2ccc3cccc4ccc1c2c34)C(=O)O. The fraction of sp³-hybridized carbons (Fsp3) is 0.167. The second-order valence-corrected chi connectivity index (χ2v) is 8.97. The number of ketones is 1. The molecule has 0 aliphatic carbocycles. The normalized spacial score (nSPS) is 13.2. The van der Waals surface area contributed by atoms with Gasteiger partial charge in [-0.3, -0.25) is 9.59 Å². The number of rotatable bonds is 7. The highest BCUT2D eigenvalue weighted by Gasteiger charge is 2.29. The summed E-state index contributed by atoms with van der Waals surface area (Å²) in [7, 11) is 0. The average Bonchev–Trinajstić information content (AvgIpc) is 2.85. The number of carboxylic acids is 1. The monoisotopic (exact) mass is 464 g/mol. The lowest BCUT2D eigenvalue weighted by Crippen LogP contribution is -2.22. The van der Waals surface area contributed by atoms with Crippen molar-refractivity contribution < 1.29 is 24.2 Å². The number of hydrogen-bond acceptors (Lipinski definition) is 4. The summed E-state index contributed by atoms with van der Waals surface area (Å²) >= 11 is 0. The van der Waals surface area contributed by atoms with E-state index in [1.54, 1.807) is 12.1 Å². The lowest BCUT2D eigenvalue weighted by molar-refractivity contribution is -0.164. The Morgan fingerprint density at radius 2 is 1.40 bits per heavy atom. The minimum absolute atomic E-state index is 0.00991. The molecule has 0 bridgehead atoms. The number of aliphatic carboxylic acids is 1. The molecule has 0 amide bonds. The van der Waals surface area contributed by atoms with Crippen LogP contribution in [0.2, 0.25) is 0 Å². The molecule has 0 saturated carbocycles. The highest BCUT2D eigenvalue weighted by molar-refractivity contribution is 6.23. The molecule has 0 fully saturated rings. The minimum atomic E-state index is -1.55. The van der Waals surface area contributed by atoms with E-state index in [9.17, 15) is 19.5 Å². The number of hydrogen-bond donors (Lipinski definition) is 1. The van der Waals surface area contributed by atoms with E-state index in [1.165, 1.54) is 35.2 Å². The van der Waals surface area contributed by atoms with Crippen molar-refractivity contribution in [1.29, 1.82) is 0 Å². The van der Waals surface area contributed by atoms with Crippen LogP contribution < -0.4 is 0 Å². The number of carbonyl (C=O) groups excluding carboxylic acids is 2. The standard InChI is InChI=1S/C30H24O5/c1-17(16-26(32)35-29(30(33)34)25-9-4-3-8-23(25)18(2)31)22-14-12-21-11-10-19-6-5-7-20-13-15-24(22)28(21)27(19)20/h3-15,17,29H,16H2,1-2H3,(H,33,34)/t17?,29-/m1/s1. The van der Waals surface area contributed by atoms with Crippen LogP contribution in [0, 0.1) is 0 Å². The first-order valence-electron chi connectivity index (χ1n) is 11.5. The van der Waals surface area contributed by atoms with Crippen LogP contribution in [0.1, 0.15) is 53.8 Å². The zero-order valence-electron chi connectivity index (χ0n) is 19.4. The van der Waals surface area contributed by atoms with Crippen LogP contribution in [0.4, 0.5) is 0 Å². The molecule has 0 radical (unpaired) electrons. The largest absolute Gasteiger partial charge is 0.478 e. The van der Waals surface area contributed by atoms with E-state index in [0.717, 1.165) is 21.7 Å². The smallest absolute Gasteiger partial charge is 0.349 e. The average molecular weight is 465 g/mol. The first-order valence-corrected chi connectivity index (χ1v) is 11.5. The number of ether oxygens (including phenoxy) is 1. The summed E-state index contributed by atoms with van der Waals surface area (Å²) < 4.78 is 5.42. The fourth-order valence-corrected chi connectivity index (χ4v) is 5.02. The van der Waals surface area contributed by atoms with E-state index in [4.69, 9.17) is 4.74 Å². The van der Waals surface area contributed by atoms with Gasteiger partial charge in [0.15, 0.2) is 5.78 Å². The van der Waals surface area contributed by atoms with Crippen molar-refractivity contribution in [3.05, 3.63) is 95.6 Å². The molecule has 5 heteroatoms. The molecular weight excluding hydrogens is 440 g/mol. The summed E-state index contributed by atoms with van der Waals surface area (Å²) in [6.07, 6.45) is -1.54. The van der Waals surface area contributed by atoms with E-state index >= 15 is 0 Å². The van der Waals surface area contributed by atoms with Crippen molar-refractivity contribution in [3.8, 4) is 0 Å². The third-order valence-corrected chi connectivity index (χ3v) is 6.66. The van der Waals surface area contributed by atoms with Crippen LogP contribution in [0.15, 0.2) is 78.9 Å². The van der Waals surface area contributed by atoms with E-state index in [2.05, 4.69) is 42.5 Å². The van der Waals surface area contributed by atoms with Gasteiger partial charge in [0.1, 0.15) is 0 Å². The fourth-order valence-electron chi connectivity index (χ4n) is 5.02. The van der Waals surface area contributed by atoms with Gasteiger partial charge in [-0.1, -0.05) is 85.8 Å². The van der Waals surface area contributed by atoms with Crippen LogP contribution in [0.3, 0.4) is 0 Å². The molecule has 1 unspecified atom stereocenters. The Bertz CT molecular complexity index is 1580. The van der Waals surface area contributed by atoms with E-state index in [1.807, 2.05) is 19.1 Å². The van der Waals surface area contributed by atoms with Crippen LogP contribution >= 0.6 is 0 Å². The topological polar surface area (TPSA) is 80.7 Å². The molecule has 5 nitrogen and oxygen atoms in total. The Morgan fingerprint density at radius 3 is 2.09 bits per heavy atom. The number of Topliss-reactive ketones (excluding diaryl/α,β-unsaturated/α-hetero) is 1. The molecule has 0 aliphatic heterocycles. The summed E-state index contributed by atoms with van der Waals surface area (Å²) in [4.78, 5) is 36.8. The number of carboxylic acid groups (broad SMARTS) is 1. The van der Waals surface area contributed by atoms with Gasteiger partial charge in [0.2, 0.25) is 6.10 Å². The van der Waals surface area contributed by atoms with Gasteiger partial charge >= 0.3 is 11.9 Å². The Labute approximate surface area is 202 Å². The zero-order valence-corrected chi connectivity index (χ0v) is 19.4. The molecule has 1 N–H and O–H groups in total. The summed E-state index contributed by atoms with van der Waals surface area (Å²) in [5.41, 5.74) is 1.41. The molecule has 2 atom stereocenters. The Morgan fingerprint density at radius 1 is 0.771 bits per heavy atom. The maximum absolute atomic E-state index is 12.9. The van der Waals surface area contributed by atoms with Crippen molar-refractivity contribution in [2.75, 3.05) is 0 Å². The van der Waals surface area contributed by atoms with Gasteiger partial charge in [-0.05, 0) is 50.7 Å². The van der Waals surface area contributed by atoms with Gasteiger partial charge < -0.3 is 9.84 Å². The highest BCUT2D eigenvalue weighted by atomic mass is 16.6. The Hall–Kier alpha value is -4.25. The molecular formula is C30H24O5. The van der Waals surface area contributed by atoms with Crippen molar-refractivity contribution >= 4 is 50.0 Å². The molecule has 174 valence electrons. The zero-order chi connectivity index (χ0) is 24.7. The van der Waals surface area contributed by atoms with Crippen LogP contribution in [-0.4, -0.2) is 22.8 Å². The molecule has 35 heavy (non-hydrogen) atoms. The van der Waals surface area contributed by atoms with Crippen LogP contribution in [-0.2, 0) is 14.3 Å². The van der Waals surface area contributed by atoms with Crippen LogP contribution in [0.5, 0.6) is 0 Å². The summed E-state index contributed by atoms with van der Waals surface area (Å²) in [6.45, 7) is 3.29. The number of esters is 1. The quantitative estimate of drug-likeness (QED) is 0.166. The summed E-state index contributed by atoms with van der Waals surface area (Å²) in [5, 5.41) is 16.6. The maximum Gasteiger partial charge on any atom is 0.349 e. The molecule has 0 spiro atoms. The minimum Gasteiger partial charge on any atom is -0.478 e. The molecule has 0 saturated heterocycles. The summed E-state index contributed by atoms with van der Waals surface area (Å²) in [6, 6.07) is 25.1. The van der Waals surface area contributed by atoms with Gasteiger partial charge in [0, 0.05) is 11.1 Å². The molecule has 0 aliphatic rings. The second kappa shape index (κ2) is 8.84. The van der Waals surface area contributed by atoms with Gasteiger partial charge in [0.25, 0.3) is 0 Å². The van der Waals surface area contributed by atoms with Crippen molar-refractivity contribution in [3.63, 3.8) is 0 Å². The first kappa shape index (κ1) is 22.5. The third kappa shape index (κ3) is 3.99. The van der Waals surface area contributed by atoms with E-state index in [-0.39, 0.29) is 29.2 Å². The van der Waals surface area contributed by atoms with Gasteiger partial charge in [-0.2, -0.15) is 0 Å². The Balaban J connectivity index is 1.46. The van der Waals surface area contributed by atoms with E-state index in [0.29, 0.717) is 0 Å². The number of carbonyl (C=O) groups is 3. The number of benzene rings is 5. The molecule has 0 heterocycles. The van der Waals surface area contributed by atoms with E-state index < -0.39 is 18.0 Å². The predicted molar refractivity (Wildman–Crippen MR) is 136 cm³/mol. The molecule has 5 rings (SSSR count). The second-order valence-electron chi connectivity index (χ2n) is 8.97. The van der Waals surface area contributed by atoms with Gasteiger partial charge in [-0.25, -0.2) is 4.79 Å². The molecule has 5 aromatic carbocycles. The maximum atomic E-state index is 12.9. The Kier molecular flexibility index (Phi) is 5.69. The molecule has 0 aromatic heterocycles. The summed E-state index contributed by atoms with van der Waals surface area (Å²) in [5.74, 6) is -2.44. The highest BCUT2D eigenvalue weighted by Crippen LogP contribution is 2.38. The lowest BCUT2D eigenvalue weighted by Gasteiger charge is -2.20. The first-order chi connectivity index (χ1) is 16.8. The van der Waals surface area contributed by atoms with Gasteiger partial charge in [-0.15, -0.1) is 0 Å². The van der Waals surface area contributed by atoms with Gasteiger partial charge in [0.05, 0.1) is 6.42 Å². The van der Waals surface area contributed by atoms with Crippen LogP contribution in [0.25, 0.3) is 32.3 Å². The lowest BCUT2D eigenvalue weighted by atomic mass is 9.87. The van der Waals surface area contributed by atoms with Crippen molar-refractivity contribution in [1.82, 2.24) is 0 Å². The molecule has 5 aromatic rings. The van der Waals surface area contributed by atoms with Crippen molar-refractivity contribution in [2.45, 2.75) is 32.3 Å². The third-order valence-electron chi connectivity index (χ3n) is 6.66. The van der Waals surface area contributed by atoms with Crippen molar-refractivity contribution in [2.24, 2.45) is 0 Å². The predicted octanol–water partition coefficient (Wildman–Crippen LogP) is 6.65.